The van der Waals surface area contributed by atoms with Gasteiger partial charge in [0.2, 0.25) is 18.1 Å². The van der Waals surface area contributed by atoms with Crippen LogP contribution in [0.15, 0.2) is 41.3 Å². The van der Waals surface area contributed by atoms with Crippen LogP contribution >= 0.6 is 0 Å². The zero-order valence-electron chi connectivity index (χ0n) is 24.1. The molecule has 2 aliphatic carbocycles. The number of alkyl halides is 5. The second-order valence-electron chi connectivity index (χ2n) is 13.0. The van der Waals surface area contributed by atoms with E-state index in [9.17, 15) is 37.0 Å². The maximum atomic E-state index is 13.5. The Hall–Kier alpha value is -3.98. The van der Waals surface area contributed by atoms with Gasteiger partial charge in [0.15, 0.2) is 11.4 Å². The van der Waals surface area contributed by atoms with E-state index in [-0.39, 0.29) is 29.3 Å². The van der Waals surface area contributed by atoms with E-state index in [4.69, 9.17) is 4.52 Å². The molecule has 1 aliphatic heterocycles. The van der Waals surface area contributed by atoms with Gasteiger partial charge in [-0.25, -0.2) is 13.3 Å². The first-order valence-corrected chi connectivity index (χ1v) is 14.5. The highest BCUT2D eigenvalue weighted by molar-refractivity contribution is 6.03. The number of aryl methyl sites for hydroxylation is 1. The normalized spacial score (nSPS) is 23.7. The van der Waals surface area contributed by atoms with Gasteiger partial charge in [0.1, 0.15) is 0 Å². The second-order valence-corrected chi connectivity index (χ2v) is 13.0. The van der Waals surface area contributed by atoms with Crippen molar-refractivity contribution in [1.29, 1.82) is 0 Å². The van der Waals surface area contributed by atoms with Gasteiger partial charge in [-0.15, -0.1) is 0 Å². The van der Waals surface area contributed by atoms with Crippen LogP contribution in [-0.2, 0) is 6.42 Å². The molecule has 0 bridgehead atoms. The first-order chi connectivity index (χ1) is 21.1. The Labute approximate surface area is 252 Å². The summed E-state index contributed by atoms with van der Waals surface area (Å²) in [7, 11) is 0. The smallest absolute Gasteiger partial charge is 0.390 e. The number of anilines is 1. The van der Waals surface area contributed by atoms with Crippen molar-refractivity contribution < 1.29 is 41.5 Å². The van der Waals surface area contributed by atoms with Crippen LogP contribution in [0.4, 0.5) is 27.6 Å². The molecule has 238 valence electrons. The summed E-state index contributed by atoms with van der Waals surface area (Å²) in [6, 6.07) is 5.42. The molecule has 15 heteroatoms. The molecule has 0 unspecified atom stereocenters. The summed E-state index contributed by atoms with van der Waals surface area (Å²) in [6.07, 6.45) is -3.49. The van der Waals surface area contributed by atoms with Crippen molar-refractivity contribution in [3.63, 3.8) is 0 Å². The van der Waals surface area contributed by atoms with E-state index in [0.29, 0.717) is 53.8 Å². The van der Waals surface area contributed by atoms with E-state index in [1.54, 1.807) is 23.7 Å². The topological polar surface area (TPSA) is 130 Å². The lowest BCUT2D eigenvalue weighted by molar-refractivity contribution is -0.292. The van der Waals surface area contributed by atoms with Crippen LogP contribution in [0.25, 0.3) is 16.9 Å². The van der Waals surface area contributed by atoms with Gasteiger partial charge in [0, 0.05) is 66.6 Å². The van der Waals surface area contributed by atoms with Gasteiger partial charge < -0.3 is 19.6 Å². The molecule has 3 aliphatic rings. The highest BCUT2D eigenvalue weighted by Crippen LogP contribution is 2.57. The summed E-state index contributed by atoms with van der Waals surface area (Å²) < 4.78 is 71.4. The number of hydrogen-bond donors (Lipinski definition) is 2. The molecule has 45 heavy (non-hydrogen) atoms. The molecule has 4 aromatic heterocycles. The number of fused-ring (bicyclic) bond motifs is 1. The SMILES string of the molecule is Cc1ncc(-c2noc(C3CC(O)(C(F)(F)F)C3)n2)cc1CC(=O)c1cnn2ccc(N3CC4(C3)CC(O)(CC(F)F)C4)cc12. The largest absolute Gasteiger partial charge is 0.417 e. The third-order valence-corrected chi connectivity index (χ3v) is 9.45. The van der Waals surface area contributed by atoms with Gasteiger partial charge in [-0.3, -0.25) is 9.78 Å². The number of hydrogen-bond acceptors (Lipinski definition) is 9. The second kappa shape index (κ2) is 10.0. The predicted molar refractivity (Wildman–Crippen MR) is 148 cm³/mol. The number of Topliss-reactive ketones (excluding diaryl/α,β-unsaturated/α-hetero) is 1. The molecule has 5 heterocycles. The number of ketones is 1. The molecule has 0 aromatic carbocycles. The van der Waals surface area contributed by atoms with Crippen LogP contribution in [-0.4, -0.2) is 77.6 Å². The molecule has 0 radical (unpaired) electrons. The molecule has 3 fully saturated rings. The van der Waals surface area contributed by atoms with Crippen LogP contribution < -0.4 is 4.90 Å². The maximum Gasteiger partial charge on any atom is 0.417 e. The first kappa shape index (κ1) is 29.7. The Balaban J connectivity index is 1.04. The standard InChI is InChI=1S/C30H29F5N6O4/c1-16-17(4-18(10-36-16)25-38-26(45-39-25)19-7-29(44,8-19)30(33,34)35)5-23(42)21-11-37-41-3-2-20(6-22(21)41)40-14-27(15-40)12-28(43,13-27)9-24(31)32/h2-4,6,10-11,19,24,43-44H,5,7-9,12-15H2,1H3. The Morgan fingerprint density at radius 2 is 1.89 bits per heavy atom. The Morgan fingerprint density at radius 3 is 2.58 bits per heavy atom. The molecule has 10 nitrogen and oxygen atoms in total. The minimum absolute atomic E-state index is 0.00596. The van der Waals surface area contributed by atoms with Crippen molar-refractivity contribution in [3.8, 4) is 11.4 Å². The van der Waals surface area contributed by atoms with Gasteiger partial charge in [-0.2, -0.15) is 23.3 Å². The first-order valence-electron chi connectivity index (χ1n) is 14.5. The molecular weight excluding hydrogens is 603 g/mol. The Kier molecular flexibility index (Phi) is 6.61. The molecule has 0 atom stereocenters. The fourth-order valence-corrected chi connectivity index (χ4v) is 7.15. The number of pyridine rings is 2. The van der Waals surface area contributed by atoms with E-state index in [1.165, 1.54) is 12.4 Å². The van der Waals surface area contributed by atoms with Crippen LogP contribution in [0.3, 0.4) is 0 Å². The van der Waals surface area contributed by atoms with Crippen LogP contribution in [0.1, 0.15) is 65.5 Å². The third kappa shape index (κ3) is 5.15. The average molecular weight is 633 g/mol. The molecule has 7 rings (SSSR count). The molecule has 4 aromatic rings. The number of nitrogens with zero attached hydrogens (tertiary/aromatic N) is 6. The number of halogens is 5. The summed E-state index contributed by atoms with van der Waals surface area (Å²) >= 11 is 0. The zero-order valence-corrected chi connectivity index (χ0v) is 24.1. The fourth-order valence-electron chi connectivity index (χ4n) is 7.15. The van der Waals surface area contributed by atoms with Gasteiger partial charge in [-0.1, -0.05) is 5.16 Å². The quantitative estimate of drug-likeness (QED) is 0.210. The average Bonchev–Trinajstić information content (AvgIpc) is 3.56. The fraction of sp³-hybridized carbons (Fsp3) is 0.500. The van der Waals surface area contributed by atoms with Crippen LogP contribution in [0, 0.1) is 12.3 Å². The number of aromatic nitrogens is 5. The summed E-state index contributed by atoms with van der Waals surface area (Å²) in [6.45, 7) is 3.01. The Bertz CT molecular complexity index is 1780. The molecule has 2 N–H and O–H groups in total. The molecular formula is C30H29F5N6O4. The minimum atomic E-state index is -4.74. The minimum Gasteiger partial charge on any atom is -0.390 e. The van der Waals surface area contributed by atoms with E-state index in [0.717, 1.165) is 5.69 Å². The summed E-state index contributed by atoms with van der Waals surface area (Å²) in [5.41, 5.74) is -0.751. The molecule has 1 spiro atoms. The van der Waals surface area contributed by atoms with Gasteiger partial charge in [0.25, 0.3) is 0 Å². The van der Waals surface area contributed by atoms with Gasteiger partial charge >= 0.3 is 6.18 Å². The van der Waals surface area contributed by atoms with E-state index in [2.05, 4.69) is 25.1 Å². The lowest BCUT2D eigenvalue weighted by atomic mass is 9.54. The van der Waals surface area contributed by atoms with Crippen LogP contribution in [0.2, 0.25) is 0 Å². The van der Waals surface area contributed by atoms with E-state index < -0.39 is 49.0 Å². The van der Waals surface area contributed by atoms with Crippen molar-refractivity contribution in [2.45, 2.75) is 75.2 Å². The van der Waals surface area contributed by atoms with E-state index in [1.807, 2.05) is 12.1 Å². The highest BCUT2D eigenvalue weighted by Gasteiger charge is 2.63. The van der Waals surface area contributed by atoms with E-state index >= 15 is 0 Å². The van der Waals surface area contributed by atoms with Crippen LogP contribution in [0.5, 0.6) is 0 Å². The molecule has 1 saturated heterocycles. The zero-order chi connectivity index (χ0) is 31.9. The lowest BCUT2D eigenvalue weighted by Crippen LogP contribution is -2.68. The monoisotopic (exact) mass is 632 g/mol. The van der Waals surface area contributed by atoms with Gasteiger partial charge in [-0.05, 0) is 56.4 Å². The van der Waals surface area contributed by atoms with Crippen molar-refractivity contribution in [2.24, 2.45) is 5.41 Å². The number of rotatable bonds is 8. The van der Waals surface area contributed by atoms with Crippen molar-refractivity contribution in [2.75, 3.05) is 18.0 Å². The summed E-state index contributed by atoms with van der Waals surface area (Å²) in [4.78, 5) is 24.2. The van der Waals surface area contributed by atoms with Crippen molar-refractivity contribution >= 4 is 17.0 Å². The number of carbonyl (C=O) groups is 1. The van der Waals surface area contributed by atoms with Crippen molar-refractivity contribution in [1.82, 2.24) is 24.7 Å². The molecule has 0 amide bonds. The van der Waals surface area contributed by atoms with Gasteiger partial charge in [0.05, 0.1) is 22.9 Å². The van der Waals surface area contributed by atoms with Crippen molar-refractivity contribution in [3.05, 3.63) is 59.5 Å². The number of aliphatic hydroxyl groups is 2. The number of carbonyl (C=O) groups excluding carboxylic acids is 1. The predicted octanol–water partition coefficient (Wildman–Crippen LogP) is 4.67. The third-order valence-electron chi connectivity index (χ3n) is 9.45. The highest BCUT2D eigenvalue weighted by atomic mass is 19.4. The lowest BCUT2D eigenvalue weighted by Gasteiger charge is -2.63. The maximum absolute atomic E-state index is 13.5. The summed E-state index contributed by atoms with van der Waals surface area (Å²) in [5.74, 6) is -0.827. The Morgan fingerprint density at radius 1 is 1.16 bits per heavy atom. The molecule has 2 saturated carbocycles. The summed E-state index contributed by atoms with van der Waals surface area (Å²) in [5, 5.41) is 28.3.